The maximum Gasteiger partial charge on any atom is 0.328 e. The lowest BCUT2D eigenvalue weighted by atomic mass is 10.1. The summed E-state index contributed by atoms with van der Waals surface area (Å²) in [6, 6.07) is 11.2. The van der Waals surface area contributed by atoms with Gasteiger partial charge in [0.1, 0.15) is 5.57 Å². The molecule has 3 N–H and O–H groups in total. The van der Waals surface area contributed by atoms with Crippen LogP contribution in [0, 0.1) is 6.92 Å². The maximum absolute atomic E-state index is 12.2. The Labute approximate surface area is 172 Å². The van der Waals surface area contributed by atoms with Crippen LogP contribution in [-0.2, 0) is 14.4 Å². The van der Waals surface area contributed by atoms with E-state index in [-0.39, 0.29) is 18.1 Å². The van der Waals surface area contributed by atoms with Crippen LogP contribution >= 0.6 is 0 Å². The fourth-order valence-electron chi connectivity index (χ4n) is 2.71. The standard InChI is InChI=1S/C21H19N3O6/c1-12-5-3-4-6-15(12)22-18(25)11-30-16-8-7-13(10-17(16)29-2)9-14-19(26)23-21(28)24-20(14)27/h3-10H,11H2,1-2H3,(H,22,25)(H2,23,24,26,27,28). The number of benzene rings is 2. The minimum atomic E-state index is -0.868. The van der Waals surface area contributed by atoms with E-state index >= 15 is 0 Å². The van der Waals surface area contributed by atoms with Gasteiger partial charge in [-0.2, -0.15) is 0 Å². The molecule has 0 unspecified atom stereocenters. The Morgan fingerprint density at radius 3 is 2.40 bits per heavy atom. The van der Waals surface area contributed by atoms with Crippen molar-refractivity contribution in [3.8, 4) is 11.5 Å². The van der Waals surface area contributed by atoms with Crippen LogP contribution in [0.25, 0.3) is 6.08 Å². The summed E-state index contributed by atoms with van der Waals surface area (Å²) in [7, 11) is 1.42. The summed E-state index contributed by atoms with van der Waals surface area (Å²) in [5, 5.41) is 6.76. The van der Waals surface area contributed by atoms with Crippen molar-refractivity contribution in [3.05, 3.63) is 59.2 Å². The number of imide groups is 2. The second-order valence-corrected chi connectivity index (χ2v) is 6.36. The van der Waals surface area contributed by atoms with Crippen LogP contribution in [0.5, 0.6) is 11.5 Å². The zero-order valence-corrected chi connectivity index (χ0v) is 16.3. The molecule has 0 aromatic heterocycles. The second-order valence-electron chi connectivity index (χ2n) is 6.36. The van der Waals surface area contributed by atoms with E-state index in [1.54, 1.807) is 24.3 Å². The molecule has 0 bridgehead atoms. The number of urea groups is 1. The van der Waals surface area contributed by atoms with Gasteiger partial charge >= 0.3 is 6.03 Å². The van der Waals surface area contributed by atoms with Gasteiger partial charge < -0.3 is 14.8 Å². The van der Waals surface area contributed by atoms with Crippen LogP contribution in [0.4, 0.5) is 10.5 Å². The van der Waals surface area contributed by atoms with Crippen LogP contribution in [0.15, 0.2) is 48.0 Å². The molecular formula is C21H19N3O6. The van der Waals surface area contributed by atoms with Crippen LogP contribution in [0.2, 0.25) is 0 Å². The van der Waals surface area contributed by atoms with E-state index in [9.17, 15) is 19.2 Å². The molecule has 30 heavy (non-hydrogen) atoms. The van der Waals surface area contributed by atoms with Gasteiger partial charge in [0.25, 0.3) is 17.7 Å². The maximum atomic E-state index is 12.2. The number of anilines is 1. The average Bonchev–Trinajstić information content (AvgIpc) is 2.71. The molecule has 0 saturated carbocycles. The van der Waals surface area contributed by atoms with Crippen LogP contribution in [0.1, 0.15) is 11.1 Å². The molecule has 1 fully saturated rings. The molecule has 2 aromatic rings. The van der Waals surface area contributed by atoms with E-state index in [0.29, 0.717) is 22.7 Å². The number of methoxy groups -OCH3 is 1. The number of hydrogen-bond donors (Lipinski definition) is 3. The summed E-state index contributed by atoms with van der Waals surface area (Å²) in [6.07, 6.45) is 1.31. The molecule has 0 atom stereocenters. The molecular weight excluding hydrogens is 390 g/mol. The van der Waals surface area contributed by atoms with Gasteiger partial charge in [0.15, 0.2) is 18.1 Å². The van der Waals surface area contributed by atoms with E-state index < -0.39 is 17.8 Å². The molecule has 1 aliphatic heterocycles. The molecule has 9 heteroatoms. The highest BCUT2D eigenvalue weighted by Gasteiger charge is 2.27. The minimum Gasteiger partial charge on any atom is -0.493 e. The van der Waals surface area contributed by atoms with Crippen LogP contribution in [-0.4, -0.2) is 37.5 Å². The van der Waals surface area contributed by atoms with Crippen molar-refractivity contribution in [2.45, 2.75) is 6.92 Å². The molecule has 1 saturated heterocycles. The number of hydrogen-bond acceptors (Lipinski definition) is 6. The first-order chi connectivity index (χ1) is 14.4. The third-order valence-electron chi connectivity index (χ3n) is 4.22. The smallest absolute Gasteiger partial charge is 0.328 e. The van der Waals surface area contributed by atoms with E-state index in [1.165, 1.54) is 13.2 Å². The zero-order valence-electron chi connectivity index (χ0n) is 16.3. The van der Waals surface area contributed by atoms with Crippen molar-refractivity contribution < 1.29 is 28.7 Å². The van der Waals surface area contributed by atoms with Gasteiger partial charge in [0.05, 0.1) is 7.11 Å². The highest BCUT2D eigenvalue weighted by Crippen LogP contribution is 2.29. The number of nitrogens with one attached hydrogen (secondary N) is 3. The third kappa shape index (κ3) is 4.82. The molecule has 3 rings (SSSR count). The zero-order chi connectivity index (χ0) is 21.7. The molecule has 2 aromatic carbocycles. The topological polar surface area (TPSA) is 123 Å². The molecule has 0 aliphatic carbocycles. The first-order valence-electron chi connectivity index (χ1n) is 8.92. The predicted molar refractivity (Wildman–Crippen MR) is 108 cm³/mol. The van der Waals surface area contributed by atoms with Gasteiger partial charge in [0, 0.05) is 5.69 Å². The van der Waals surface area contributed by atoms with Gasteiger partial charge in [-0.15, -0.1) is 0 Å². The SMILES string of the molecule is COc1cc(C=C2C(=O)NC(=O)NC2=O)ccc1OCC(=O)Nc1ccccc1C. The largest absolute Gasteiger partial charge is 0.493 e. The summed E-state index contributed by atoms with van der Waals surface area (Å²) in [6.45, 7) is 1.65. The molecule has 0 radical (unpaired) electrons. The summed E-state index contributed by atoms with van der Waals surface area (Å²) >= 11 is 0. The Bertz CT molecular complexity index is 1040. The lowest BCUT2D eigenvalue weighted by molar-refractivity contribution is -0.124. The first kappa shape index (κ1) is 20.6. The first-order valence-corrected chi connectivity index (χ1v) is 8.92. The van der Waals surface area contributed by atoms with E-state index in [1.807, 2.05) is 35.8 Å². The Balaban J connectivity index is 1.70. The molecule has 154 valence electrons. The number of rotatable bonds is 6. The molecule has 0 spiro atoms. The summed E-state index contributed by atoms with van der Waals surface area (Å²) < 4.78 is 10.8. The third-order valence-corrected chi connectivity index (χ3v) is 4.22. The highest BCUT2D eigenvalue weighted by atomic mass is 16.5. The van der Waals surface area contributed by atoms with Crippen LogP contribution < -0.4 is 25.4 Å². The fraction of sp³-hybridized carbons (Fsp3) is 0.143. The molecule has 1 aliphatic rings. The van der Waals surface area contributed by atoms with Crippen molar-refractivity contribution in [1.29, 1.82) is 0 Å². The van der Waals surface area contributed by atoms with Gasteiger partial charge in [-0.3, -0.25) is 25.0 Å². The normalized spacial score (nSPS) is 13.3. The second kappa shape index (κ2) is 8.91. The average molecular weight is 409 g/mol. The Kier molecular flexibility index (Phi) is 6.11. The predicted octanol–water partition coefficient (Wildman–Crippen LogP) is 1.77. The van der Waals surface area contributed by atoms with Crippen molar-refractivity contribution in [2.24, 2.45) is 0 Å². The number of amides is 5. The number of aryl methyl sites for hydroxylation is 1. The Morgan fingerprint density at radius 1 is 1.03 bits per heavy atom. The quantitative estimate of drug-likeness (QED) is 0.494. The minimum absolute atomic E-state index is 0.220. The number of carbonyl (C=O) groups is 4. The van der Waals surface area contributed by atoms with E-state index in [4.69, 9.17) is 9.47 Å². The number of para-hydroxylation sites is 1. The monoisotopic (exact) mass is 409 g/mol. The molecule has 5 amide bonds. The van der Waals surface area contributed by atoms with Gasteiger partial charge in [-0.1, -0.05) is 24.3 Å². The lowest BCUT2D eigenvalue weighted by Gasteiger charge is -2.15. The molecule has 1 heterocycles. The van der Waals surface area contributed by atoms with Crippen LogP contribution in [0.3, 0.4) is 0 Å². The summed E-state index contributed by atoms with van der Waals surface area (Å²) in [5.41, 5.74) is 1.88. The highest BCUT2D eigenvalue weighted by molar-refractivity contribution is 6.31. The Hall–Kier alpha value is -4.14. The van der Waals surface area contributed by atoms with Crippen molar-refractivity contribution in [3.63, 3.8) is 0 Å². The molecule has 9 nitrogen and oxygen atoms in total. The lowest BCUT2D eigenvalue weighted by Crippen LogP contribution is -2.51. The number of carbonyl (C=O) groups excluding carboxylic acids is 4. The van der Waals surface area contributed by atoms with E-state index in [2.05, 4.69) is 5.32 Å². The fourth-order valence-corrected chi connectivity index (χ4v) is 2.71. The van der Waals surface area contributed by atoms with Gasteiger partial charge in [0.2, 0.25) is 0 Å². The summed E-state index contributed by atoms with van der Waals surface area (Å²) in [5.74, 6) is -1.31. The number of ether oxygens (including phenoxy) is 2. The van der Waals surface area contributed by atoms with Gasteiger partial charge in [-0.25, -0.2) is 4.79 Å². The van der Waals surface area contributed by atoms with E-state index in [0.717, 1.165) is 5.56 Å². The van der Waals surface area contributed by atoms with Crippen molar-refractivity contribution in [1.82, 2.24) is 10.6 Å². The summed E-state index contributed by atoms with van der Waals surface area (Å²) in [4.78, 5) is 47.0. The Morgan fingerprint density at radius 2 is 1.73 bits per heavy atom. The van der Waals surface area contributed by atoms with Gasteiger partial charge in [-0.05, 0) is 42.3 Å². The van der Waals surface area contributed by atoms with Crippen molar-refractivity contribution in [2.75, 3.05) is 19.0 Å². The van der Waals surface area contributed by atoms with Crippen molar-refractivity contribution >= 4 is 35.5 Å². The number of barbiturate groups is 1.